The third kappa shape index (κ3) is 6.49. The van der Waals surface area contributed by atoms with Crippen LogP contribution < -0.4 is 5.32 Å². The molecule has 2 nitrogen and oxygen atoms in total. The molecule has 0 aliphatic carbocycles. The van der Waals surface area contributed by atoms with E-state index in [2.05, 4.69) is 19.2 Å². The molecule has 0 aromatic heterocycles. The molecule has 1 atom stereocenters. The predicted octanol–water partition coefficient (Wildman–Crippen LogP) is 3.57. The molecule has 20 heavy (non-hydrogen) atoms. The lowest BCUT2D eigenvalue weighted by molar-refractivity contribution is 0.197. The Labute approximate surface area is 122 Å². The van der Waals surface area contributed by atoms with Crippen molar-refractivity contribution in [2.75, 3.05) is 26.8 Å². The molecule has 0 fully saturated rings. The molecule has 0 aliphatic heterocycles. The molecule has 0 radical (unpaired) electrons. The van der Waals surface area contributed by atoms with Crippen molar-refractivity contribution in [1.82, 2.24) is 5.32 Å². The van der Waals surface area contributed by atoms with E-state index in [0.717, 1.165) is 31.7 Å². The maximum absolute atomic E-state index is 13.2. The molecule has 1 aromatic rings. The number of nitrogens with one attached hydrogen (secondary N) is 1. The molecule has 0 aliphatic rings. The Bertz CT molecular complexity index is 393. The molecule has 0 bridgehead atoms. The zero-order valence-corrected chi connectivity index (χ0v) is 13.2. The fourth-order valence-corrected chi connectivity index (χ4v) is 2.59. The molecule has 1 N–H and O–H groups in total. The molecule has 0 amide bonds. The summed E-state index contributed by atoms with van der Waals surface area (Å²) in [6, 6.07) is 5.11. The van der Waals surface area contributed by atoms with Gasteiger partial charge in [0, 0.05) is 13.7 Å². The number of halogens is 1. The minimum Gasteiger partial charge on any atom is -0.383 e. The molecule has 0 saturated heterocycles. The summed E-state index contributed by atoms with van der Waals surface area (Å²) in [5.74, 6) is 1.10. The highest BCUT2D eigenvalue weighted by Crippen LogP contribution is 2.20. The van der Waals surface area contributed by atoms with Gasteiger partial charge in [0.1, 0.15) is 5.82 Å². The van der Waals surface area contributed by atoms with Gasteiger partial charge in [-0.2, -0.15) is 0 Å². The van der Waals surface area contributed by atoms with Crippen LogP contribution in [0, 0.1) is 24.6 Å². The quantitative estimate of drug-likeness (QED) is 0.699. The second kappa shape index (κ2) is 9.09. The van der Waals surface area contributed by atoms with E-state index in [4.69, 9.17) is 4.74 Å². The lowest BCUT2D eigenvalue weighted by atomic mass is 9.89. The summed E-state index contributed by atoms with van der Waals surface area (Å²) in [5, 5.41) is 3.44. The van der Waals surface area contributed by atoms with Crippen molar-refractivity contribution in [3.05, 3.63) is 35.1 Å². The summed E-state index contributed by atoms with van der Waals surface area (Å²) in [6.07, 6.45) is 2.18. The monoisotopic (exact) mass is 281 g/mol. The standard InChI is InChI=1S/C17H28FNO/c1-13(2)9-15(12-19-7-8-20-4)11-16-5-6-17(18)10-14(16)3/h5-6,10,13,15,19H,7-9,11-12H2,1-4H3. The maximum Gasteiger partial charge on any atom is 0.123 e. The van der Waals surface area contributed by atoms with E-state index in [0.29, 0.717) is 11.8 Å². The Kier molecular flexibility index (Phi) is 7.78. The van der Waals surface area contributed by atoms with E-state index in [9.17, 15) is 4.39 Å². The minimum absolute atomic E-state index is 0.148. The average molecular weight is 281 g/mol. The van der Waals surface area contributed by atoms with Crippen LogP contribution in [0.1, 0.15) is 31.4 Å². The topological polar surface area (TPSA) is 21.3 Å². The van der Waals surface area contributed by atoms with Gasteiger partial charge in [-0.15, -0.1) is 0 Å². The van der Waals surface area contributed by atoms with Gasteiger partial charge >= 0.3 is 0 Å². The van der Waals surface area contributed by atoms with Gasteiger partial charge < -0.3 is 10.1 Å². The Balaban J connectivity index is 2.58. The summed E-state index contributed by atoms with van der Waals surface area (Å²) in [7, 11) is 1.72. The first-order valence-corrected chi connectivity index (χ1v) is 7.47. The van der Waals surface area contributed by atoms with Crippen molar-refractivity contribution in [2.45, 2.75) is 33.6 Å². The fraction of sp³-hybridized carbons (Fsp3) is 0.647. The molecule has 1 rings (SSSR count). The van der Waals surface area contributed by atoms with E-state index >= 15 is 0 Å². The van der Waals surface area contributed by atoms with E-state index < -0.39 is 0 Å². The Hall–Kier alpha value is -0.930. The molecular formula is C17H28FNO. The summed E-state index contributed by atoms with van der Waals surface area (Å²) >= 11 is 0. The van der Waals surface area contributed by atoms with Gasteiger partial charge in [0.05, 0.1) is 6.61 Å². The number of aryl methyl sites for hydroxylation is 1. The Morgan fingerprint density at radius 1 is 1.30 bits per heavy atom. The molecule has 3 heteroatoms. The first-order valence-electron chi connectivity index (χ1n) is 7.47. The van der Waals surface area contributed by atoms with Crippen LogP contribution in [0.5, 0.6) is 0 Å². The van der Waals surface area contributed by atoms with Crippen molar-refractivity contribution >= 4 is 0 Å². The van der Waals surface area contributed by atoms with Gasteiger partial charge in [0.2, 0.25) is 0 Å². The highest BCUT2D eigenvalue weighted by atomic mass is 19.1. The highest BCUT2D eigenvalue weighted by molar-refractivity contribution is 5.27. The van der Waals surface area contributed by atoms with Crippen molar-refractivity contribution in [1.29, 1.82) is 0 Å². The van der Waals surface area contributed by atoms with Crippen LogP contribution in [0.3, 0.4) is 0 Å². The summed E-state index contributed by atoms with van der Waals surface area (Å²) in [6.45, 7) is 9.10. The number of hydrogen-bond acceptors (Lipinski definition) is 2. The van der Waals surface area contributed by atoms with Gasteiger partial charge in [0.15, 0.2) is 0 Å². The predicted molar refractivity (Wildman–Crippen MR) is 82.5 cm³/mol. The molecule has 0 heterocycles. The van der Waals surface area contributed by atoms with E-state index in [1.165, 1.54) is 12.0 Å². The van der Waals surface area contributed by atoms with Gasteiger partial charge in [-0.1, -0.05) is 19.9 Å². The third-order valence-corrected chi connectivity index (χ3v) is 3.53. The van der Waals surface area contributed by atoms with Crippen LogP contribution in [-0.4, -0.2) is 26.8 Å². The first kappa shape index (κ1) is 17.1. The largest absolute Gasteiger partial charge is 0.383 e. The molecule has 1 aromatic carbocycles. The zero-order valence-electron chi connectivity index (χ0n) is 13.2. The number of benzene rings is 1. The van der Waals surface area contributed by atoms with Crippen molar-refractivity contribution in [2.24, 2.45) is 11.8 Å². The molecule has 1 unspecified atom stereocenters. The van der Waals surface area contributed by atoms with E-state index in [1.54, 1.807) is 19.2 Å². The lowest BCUT2D eigenvalue weighted by Crippen LogP contribution is -2.28. The van der Waals surface area contributed by atoms with Gasteiger partial charge in [-0.05, 0) is 61.4 Å². The second-order valence-corrected chi connectivity index (χ2v) is 5.97. The fourth-order valence-electron chi connectivity index (χ4n) is 2.59. The maximum atomic E-state index is 13.2. The van der Waals surface area contributed by atoms with Crippen LogP contribution in [-0.2, 0) is 11.2 Å². The molecular weight excluding hydrogens is 253 g/mol. The summed E-state index contributed by atoms with van der Waals surface area (Å²) in [4.78, 5) is 0. The highest BCUT2D eigenvalue weighted by Gasteiger charge is 2.13. The Morgan fingerprint density at radius 3 is 2.65 bits per heavy atom. The van der Waals surface area contributed by atoms with E-state index in [-0.39, 0.29) is 5.82 Å². The van der Waals surface area contributed by atoms with Crippen LogP contribution >= 0.6 is 0 Å². The van der Waals surface area contributed by atoms with Crippen molar-refractivity contribution in [3.63, 3.8) is 0 Å². The van der Waals surface area contributed by atoms with E-state index in [1.807, 2.05) is 13.0 Å². The average Bonchev–Trinajstić information content (AvgIpc) is 2.37. The van der Waals surface area contributed by atoms with Crippen LogP contribution in [0.25, 0.3) is 0 Å². The third-order valence-electron chi connectivity index (χ3n) is 3.53. The zero-order chi connectivity index (χ0) is 15.0. The first-order chi connectivity index (χ1) is 9.52. The molecule has 0 saturated carbocycles. The van der Waals surface area contributed by atoms with Crippen LogP contribution in [0.4, 0.5) is 4.39 Å². The van der Waals surface area contributed by atoms with Crippen molar-refractivity contribution < 1.29 is 9.13 Å². The second-order valence-electron chi connectivity index (χ2n) is 5.97. The van der Waals surface area contributed by atoms with Crippen LogP contribution in [0.15, 0.2) is 18.2 Å². The number of hydrogen-bond donors (Lipinski definition) is 1. The summed E-state index contributed by atoms with van der Waals surface area (Å²) in [5.41, 5.74) is 2.31. The molecule has 114 valence electrons. The van der Waals surface area contributed by atoms with Gasteiger partial charge in [-0.25, -0.2) is 4.39 Å². The molecule has 0 spiro atoms. The number of methoxy groups -OCH3 is 1. The smallest absolute Gasteiger partial charge is 0.123 e. The number of rotatable bonds is 9. The number of ether oxygens (including phenoxy) is 1. The van der Waals surface area contributed by atoms with Gasteiger partial charge in [0.25, 0.3) is 0 Å². The van der Waals surface area contributed by atoms with Crippen LogP contribution in [0.2, 0.25) is 0 Å². The van der Waals surface area contributed by atoms with Gasteiger partial charge in [-0.3, -0.25) is 0 Å². The Morgan fingerprint density at radius 2 is 2.05 bits per heavy atom. The van der Waals surface area contributed by atoms with Crippen molar-refractivity contribution in [3.8, 4) is 0 Å². The normalized spacial score (nSPS) is 12.9. The lowest BCUT2D eigenvalue weighted by Gasteiger charge is -2.21. The SMILES string of the molecule is COCCNCC(Cc1ccc(F)cc1C)CC(C)C. The summed E-state index contributed by atoms with van der Waals surface area (Å²) < 4.78 is 18.2. The minimum atomic E-state index is -0.148.